The van der Waals surface area contributed by atoms with E-state index in [0.29, 0.717) is 5.56 Å². The normalized spacial score (nSPS) is 12.7. The monoisotopic (exact) mass is 378 g/mol. The predicted octanol–water partition coefficient (Wildman–Crippen LogP) is 3.82. The van der Waals surface area contributed by atoms with Crippen LogP contribution in [0.25, 0.3) is 0 Å². The molecule has 0 aromatic heterocycles. The Morgan fingerprint density at radius 3 is 2.90 bits per heavy atom. The fourth-order valence-electron chi connectivity index (χ4n) is 2.31. The summed E-state index contributed by atoms with van der Waals surface area (Å²) in [6, 6.07) is 11.8. The van der Waals surface area contributed by atoms with Gasteiger partial charge in [-0.15, -0.1) is 0 Å². The lowest BCUT2D eigenvalue weighted by Crippen LogP contribution is -2.12. The van der Waals surface area contributed by atoms with Crippen LogP contribution in [0.15, 0.2) is 36.4 Å². The Bertz CT molecular complexity index is 682. The van der Waals surface area contributed by atoms with Crippen LogP contribution in [0.1, 0.15) is 21.5 Å². The minimum Gasteiger partial charge on any atom is -0.384 e. The lowest BCUT2D eigenvalue weighted by Gasteiger charge is -2.08. The topological polar surface area (TPSA) is 41.1 Å². The van der Waals surface area contributed by atoms with Crippen molar-refractivity contribution in [1.82, 2.24) is 0 Å². The number of halogens is 1. The molecular weight excluding hydrogens is 363 g/mol. The summed E-state index contributed by atoms with van der Waals surface area (Å²) in [7, 11) is 0. The summed E-state index contributed by atoms with van der Waals surface area (Å²) < 4.78 is 1.15. The predicted molar refractivity (Wildman–Crippen MR) is 90.5 cm³/mol. The molecule has 4 heteroatoms. The second-order valence-electron chi connectivity index (χ2n) is 4.97. The minimum absolute atomic E-state index is 0.0684. The number of benzene rings is 2. The number of nitrogens with one attached hydrogen (secondary N) is 2. The average molecular weight is 378 g/mol. The molecular formula is C16H15IN2O. The first-order valence-corrected chi connectivity index (χ1v) is 7.66. The van der Waals surface area contributed by atoms with E-state index in [1.54, 1.807) is 0 Å². The molecule has 0 aliphatic carbocycles. The number of carbonyl (C=O) groups is 1. The Balaban J connectivity index is 1.80. The SMILES string of the molecule is Cc1ccc(NC(=O)c2ccc3c(c2)NCC3)cc1I. The van der Waals surface area contributed by atoms with Gasteiger partial charge in [-0.05, 0) is 71.3 Å². The third-order valence-corrected chi connectivity index (χ3v) is 4.67. The Morgan fingerprint density at radius 1 is 1.25 bits per heavy atom. The molecule has 2 aromatic carbocycles. The molecule has 0 bridgehead atoms. The standard InChI is InChI=1S/C16H15IN2O/c1-10-2-5-13(9-14(10)17)19-16(20)12-4-3-11-6-7-18-15(11)8-12/h2-5,8-9,18H,6-7H2,1H3,(H,19,20). The molecule has 102 valence electrons. The van der Waals surface area contributed by atoms with Gasteiger partial charge >= 0.3 is 0 Å². The number of hydrogen-bond acceptors (Lipinski definition) is 2. The summed E-state index contributed by atoms with van der Waals surface area (Å²) in [5.41, 5.74) is 5.10. The molecule has 3 rings (SSSR count). The first kappa shape index (κ1) is 13.4. The molecule has 2 N–H and O–H groups in total. The van der Waals surface area contributed by atoms with Gasteiger partial charge in [0.1, 0.15) is 0 Å². The molecule has 1 heterocycles. The second-order valence-corrected chi connectivity index (χ2v) is 6.13. The molecule has 1 amide bonds. The van der Waals surface area contributed by atoms with E-state index in [1.165, 1.54) is 11.1 Å². The van der Waals surface area contributed by atoms with Gasteiger partial charge in [0.15, 0.2) is 0 Å². The third kappa shape index (κ3) is 2.65. The minimum atomic E-state index is -0.0684. The molecule has 0 saturated heterocycles. The van der Waals surface area contributed by atoms with Crippen molar-refractivity contribution in [2.75, 3.05) is 17.2 Å². The number of fused-ring (bicyclic) bond motifs is 1. The highest BCUT2D eigenvalue weighted by molar-refractivity contribution is 14.1. The maximum atomic E-state index is 12.3. The summed E-state index contributed by atoms with van der Waals surface area (Å²) in [6.45, 7) is 3.01. The van der Waals surface area contributed by atoms with Gasteiger partial charge < -0.3 is 10.6 Å². The third-order valence-electron chi connectivity index (χ3n) is 3.51. The van der Waals surface area contributed by atoms with Crippen molar-refractivity contribution in [2.24, 2.45) is 0 Å². The van der Waals surface area contributed by atoms with Crippen LogP contribution < -0.4 is 10.6 Å². The van der Waals surface area contributed by atoms with E-state index < -0.39 is 0 Å². The number of carbonyl (C=O) groups excluding carboxylic acids is 1. The molecule has 0 spiro atoms. The molecule has 20 heavy (non-hydrogen) atoms. The van der Waals surface area contributed by atoms with Crippen LogP contribution in [0.5, 0.6) is 0 Å². The van der Waals surface area contributed by atoms with Crippen LogP contribution >= 0.6 is 22.6 Å². The van der Waals surface area contributed by atoms with Crippen molar-refractivity contribution in [1.29, 1.82) is 0 Å². The zero-order chi connectivity index (χ0) is 14.1. The van der Waals surface area contributed by atoms with Crippen LogP contribution in [0.3, 0.4) is 0 Å². The molecule has 0 radical (unpaired) electrons. The molecule has 3 nitrogen and oxygen atoms in total. The average Bonchev–Trinajstić information content (AvgIpc) is 2.90. The summed E-state index contributed by atoms with van der Waals surface area (Å²) >= 11 is 2.27. The van der Waals surface area contributed by atoms with Crippen molar-refractivity contribution in [2.45, 2.75) is 13.3 Å². The Labute approximate surface area is 131 Å². The van der Waals surface area contributed by atoms with Crippen LogP contribution in [-0.2, 0) is 6.42 Å². The van der Waals surface area contributed by atoms with Crippen LogP contribution in [0.4, 0.5) is 11.4 Å². The fraction of sp³-hybridized carbons (Fsp3) is 0.188. The molecule has 1 aliphatic rings. The first-order chi connectivity index (χ1) is 9.63. The van der Waals surface area contributed by atoms with Crippen molar-refractivity contribution < 1.29 is 4.79 Å². The number of rotatable bonds is 2. The van der Waals surface area contributed by atoms with Gasteiger partial charge in [0, 0.05) is 27.1 Å². The second kappa shape index (κ2) is 5.44. The Hall–Kier alpha value is -1.56. The van der Waals surface area contributed by atoms with E-state index >= 15 is 0 Å². The van der Waals surface area contributed by atoms with E-state index in [2.05, 4.69) is 40.1 Å². The highest BCUT2D eigenvalue weighted by Gasteiger charge is 2.13. The van der Waals surface area contributed by atoms with Crippen LogP contribution in [0, 0.1) is 10.5 Å². The summed E-state index contributed by atoms with van der Waals surface area (Å²) in [5, 5.41) is 6.24. The number of anilines is 2. The van der Waals surface area contributed by atoms with Gasteiger partial charge in [-0.1, -0.05) is 12.1 Å². The number of aryl methyl sites for hydroxylation is 1. The zero-order valence-electron chi connectivity index (χ0n) is 11.2. The van der Waals surface area contributed by atoms with E-state index in [9.17, 15) is 4.79 Å². The summed E-state index contributed by atoms with van der Waals surface area (Å²) in [6.07, 6.45) is 1.04. The maximum Gasteiger partial charge on any atom is 0.255 e. The summed E-state index contributed by atoms with van der Waals surface area (Å²) in [5.74, 6) is -0.0684. The summed E-state index contributed by atoms with van der Waals surface area (Å²) in [4.78, 5) is 12.3. The Morgan fingerprint density at radius 2 is 2.10 bits per heavy atom. The molecule has 2 aromatic rings. The van der Waals surface area contributed by atoms with Crippen molar-refractivity contribution in [3.05, 3.63) is 56.7 Å². The van der Waals surface area contributed by atoms with E-state index in [0.717, 1.165) is 27.9 Å². The van der Waals surface area contributed by atoms with Gasteiger partial charge in [-0.3, -0.25) is 4.79 Å². The van der Waals surface area contributed by atoms with Crippen molar-refractivity contribution in [3.8, 4) is 0 Å². The zero-order valence-corrected chi connectivity index (χ0v) is 13.3. The highest BCUT2D eigenvalue weighted by Crippen LogP contribution is 2.24. The van der Waals surface area contributed by atoms with Gasteiger partial charge in [0.25, 0.3) is 5.91 Å². The largest absolute Gasteiger partial charge is 0.384 e. The van der Waals surface area contributed by atoms with E-state index in [-0.39, 0.29) is 5.91 Å². The van der Waals surface area contributed by atoms with Crippen molar-refractivity contribution in [3.63, 3.8) is 0 Å². The molecule has 0 fully saturated rings. The fourth-order valence-corrected chi connectivity index (χ4v) is 2.82. The van der Waals surface area contributed by atoms with Gasteiger partial charge in [-0.25, -0.2) is 0 Å². The lowest BCUT2D eigenvalue weighted by molar-refractivity contribution is 0.102. The van der Waals surface area contributed by atoms with E-state index in [4.69, 9.17) is 0 Å². The van der Waals surface area contributed by atoms with Gasteiger partial charge in [-0.2, -0.15) is 0 Å². The number of hydrogen-bond donors (Lipinski definition) is 2. The smallest absolute Gasteiger partial charge is 0.255 e. The lowest BCUT2D eigenvalue weighted by atomic mass is 10.1. The first-order valence-electron chi connectivity index (χ1n) is 6.58. The highest BCUT2D eigenvalue weighted by atomic mass is 127. The molecule has 0 atom stereocenters. The van der Waals surface area contributed by atoms with Gasteiger partial charge in [0.2, 0.25) is 0 Å². The van der Waals surface area contributed by atoms with E-state index in [1.807, 2.05) is 36.4 Å². The maximum absolute atomic E-state index is 12.3. The number of amides is 1. The molecule has 0 unspecified atom stereocenters. The molecule has 0 saturated carbocycles. The van der Waals surface area contributed by atoms with Crippen molar-refractivity contribution >= 4 is 39.9 Å². The van der Waals surface area contributed by atoms with Crippen LogP contribution in [0.2, 0.25) is 0 Å². The molecule has 1 aliphatic heterocycles. The Kier molecular flexibility index (Phi) is 3.65. The van der Waals surface area contributed by atoms with Crippen LogP contribution in [-0.4, -0.2) is 12.5 Å². The quantitative estimate of drug-likeness (QED) is 0.781. The van der Waals surface area contributed by atoms with Gasteiger partial charge in [0.05, 0.1) is 0 Å².